The van der Waals surface area contributed by atoms with Crippen LogP contribution in [0.15, 0.2) is 42.9 Å². The summed E-state index contributed by atoms with van der Waals surface area (Å²) in [6, 6.07) is 9.32. The fourth-order valence-electron chi connectivity index (χ4n) is 3.68. The van der Waals surface area contributed by atoms with E-state index in [2.05, 4.69) is 25.3 Å². The molecule has 11 nitrogen and oxygen atoms in total. The largest absolute Gasteiger partial charge is 0.312 e. The second kappa shape index (κ2) is 6.44. The van der Waals surface area contributed by atoms with Crippen LogP contribution in [0.25, 0.3) is 22.4 Å². The van der Waals surface area contributed by atoms with Crippen LogP contribution in [-0.4, -0.2) is 44.1 Å². The number of para-hydroxylation sites is 1. The van der Waals surface area contributed by atoms with Gasteiger partial charge in [-0.2, -0.15) is 10.2 Å². The second-order valence-corrected chi connectivity index (χ2v) is 7.01. The van der Waals surface area contributed by atoms with Crippen LogP contribution in [0.5, 0.6) is 0 Å². The highest BCUT2D eigenvalue weighted by atomic mass is 16.6. The topological polar surface area (TPSA) is 122 Å². The number of hydrogen-bond acceptors (Lipinski definition) is 7. The average molecular weight is 403 g/mol. The number of fused-ring (bicyclic) bond motifs is 3. The van der Waals surface area contributed by atoms with Crippen molar-refractivity contribution in [3.63, 3.8) is 0 Å². The zero-order valence-electron chi connectivity index (χ0n) is 16.5. The molecule has 0 saturated heterocycles. The minimum absolute atomic E-state index is 0.0128. The number of aryl methyl sites for hydroxylation is 1. The summed E-state index contributed by atoms with van der Waals surface area (Å²) in [5, 5.41) is 25.4. The molecule has 0 aliphatic carbocycles. The highest BCUT2D eigenvalue weighted by molar-refractivity contribution is 5.89. The Morgan fingerprint density at radius 3 is 2.57 bits per heavy atom. The third-order valence-electron chi connectivity index (χ3n) is 5.13. The first kappa shape index (κ1) is 17.9. The van der Waals surface area contributed by atoms with Gasteiger partial charge in [-0.05, 0) is 32.9 Å². The van der Waals surface area contributed by atoms with Gasteiger partial charge in [-0.25, -0.2) is 19.2 Å². The van der Waals surface area contributed by atoms with Crippen LogP contribution < -0.4 is 0 Å². The number of nitrogens with zero attached hydrogens (tertiary/aromatic N) is 9. The summed E-state index contributed by atoms with van der Waals surface area (Å²) in [7, 11) is 0. The average Bonchev–Trinajstić information content (AvgIpc) is 3.42. The summed E-state index contributed by atoms with van der Waals surface area (Å²) in [6.45, 7) is 5.15. The fraction of sp³-hybridized carbons (Fsp3) is 0.211. The molecule has 5 aromatic rings. The van der Waals surface area contributed by atoms with Gasteiger partial charge in [0.2, 0.25) is 0 Å². The van der Waals surface area contributed by atoms with Crippen LogP contribution >= 0.6 is 0 Å². The van der Waals surface area contributed by atoms with E-state index in [0.717, 1.165) is 11.1 Å². The standard InChI is InChI=1S/C19H17N9O2/c1-11-16(28(29)30)12(2)26(23-11)13(3)17-22-19-15-9-21-27(14-7-5-4-6-8-14)18(15)20-10-25(19)24-17/h4-10,13H,1-3H3. The van der Waals surface area contributed by atoms with E-state index in [0.29, 0.717) is 28.5 Å². The first-order valence-corrected chi connectivity index (χ1v) is 9.30. The summed E-state index contributed by atoms with van der Waals surface area (Å²) in [5.41, 5.74) is 3.01. The van der Waals surface area contributed by atoms with Crippen LogP contribution in [0.2, 0.25) is 0 Å². The van der Waals surface area contributed by atoms with Crippen molar-refractivity contribution < 1.29 is 4.92 Å². The van der Waals surface area contributed by atoms with Crippen molar-refractivity contribution in [3.05, 3.63) is 70.2 Å². The minimum atomic E-state index is -0.413. The molecule has 0 aliphatic heterocycles. The SMILES string of the molecule is Cc1nn(C(C)c2nc3c4cnn(-c5ccccc5)c4ncn3n2)c(C)c1[N+](=O)[O-]. The smallest absolute Gasteiger partial charge is 0.258 e. The zero-order chi connectivity index (χ0) is 21.0. The summed E-state index contributed by atoms with van der Waals surface area (Å²) >= 11 is 0. The molecule has 0 bridgehead atoms. The van der Waals surface area contributed by atoms with Crippen LogP contribution in [0, 0.1) is 24.0 Å². The van der Waals surface area contributed by atoms with Gasteiger partial charge in [0.25, 0.3) is 0 Å². The Morgan fingerprint density at radius 2 is 1.87 bits per heavy atom. The van der Waals surface area contributed by atoms with Crippen molar-refractivity contribution >= 4 is 22.4 Å². The van der Waals surface area contributed by atoms with E-state index in [1.165, 1.54) is 0 Å². The van der Waals surface area contributed by atoms with E-state index in [4.69, 9.17) is 0 Å². The predicted molar refractivity (Wildman–Crippen MR) is 108 cm³/mol. The van der Waals surface area contributed by atoms with Crippen molar-refractivity contribution in [1.82, 2.24) is 39.1 Å². The maximum Gasteiger partial charge on any atom is 0.312 e. The molecule has 1 unspecified atom stereocenters. The highest BCUT2D eigenvalue weighted by Crippen LogP contribution is 2.27. The normalized spacial score (nSPS) is 12.6. The molecule has 0 N–H and O–H groups in total. The lowest BCUT2D eigenvalue weighted by Gasteiger charge is -2.09. The molecule has 5 rings (SSSR count). The lowest BCUT2D eigenvalue weighted by Crippen LogP contribution is -2.12. The molecule has 1 atom stereocenters. The number of benzene rings is 1. The van der Waals surface area contributed by atoms with E-state index in [9.17, 15) is 10.1 Å². The molecule has 0 aliphatic rings. The third-order valence-corrected chi connectivity index (χ3v) is 5.13. The van der Waals surface area contributed by atoms with E-state index in [1.807, 2.05) is 37.3 Å². The molecule has 0 amide bonds. The number of aromatic nitrogens is 8. The van der Waals surface area contributed by atoms with Crippen molar-refractivity contribution in [2.75, 3.05) is 0 Å². The van der Waals surface area contributed by atoms with Gasteiger partial charge < -0.3 is 0 Å². The summed E-state index contributed by atoms with van der Waals surface area (Å²) in [5.74, 6) is 0.484. The van der Waals surface area contributed by atoms with Gasteiger partial charge in [0, 0.05) is 0 Å². The summed E-state index contributed by atoms with van der Waals surface area (Å²) < 4.78 is 4.92. The molecule has 150 valence electrons. The van der Waals surface area contributed by atoms with Crippen LogP contribution in [0.1, 0.15) is 30.2 Å². The minimum Gasteiger partial charge on any atom is -0.258 e. The first-order chi connectivity index (χ1) is 14.5. The van der Waals surface area contributed by atoms with E-state index in [1.54, 1.807) is 40.3 Å². The lowest BCUT2D eigenvalue weighted by molar-refractivity contribution is -0.386. The number of hydrogen-bond donors (Lipinski definition) is 0. The number of nitro groups is 1. The molecule has 0 spiro atoms. The summed E-state index contributed by atoms with van der Waals surface area (Å²) in [4.78, 5) is 20.1. The Hall–Kier alpha value is -4.15. The van der Waals surface area contributed by atoms with E-state index < -0.39 is 11.0 Å². The monoisotopic (exact) mass is 403 g/mol. The molecule has 4 aromatic heterocycles. The van der Waals surface area contributed by atoms with Gasteiger partial charge in [0.15, 0.2) is 17.1 Å². The Kier molecular flexibility index (Phi) is 3.85. The molecule has 0 saturated carbocycles. The fourth-order valence-corrected chi connectivity index (χ4v) is 3.68. The van der Waals surface area contributed by atoms with Crippen LogP contribution in [0.3, 0.4) is 0 Å². The van der Waals surface area contributed by atoms with Gasteiger partial charge in [0.05, 0.1) is 22.2 Å². The van der Waals surface area contributed by atoms with Crippen molar-refractivity contribution in [1.29, 1.82) is 0 Å². The quantitative estimate of drug-likeness (QED) is 0.334. The maximum absolute atomic E-state index is 11.3. The van der Waals surface area contributed by atoms with E-state index in [-0.39, 0.29) is 5.69 Å². The molecule has 0 fully saturated rings. The lowest BCUT2D eigenvalue weighted by atomic mass is 10.3. The second-order valence-electron chi connectivity index (χ2n) is 7.01. The van der Waals surface area contributed by atoms with Crippen LogP contribution in [-0.2, 0) is 0 Å². The Labute approximate surface area is 169 Å². The van der Waals surface area contributed by atoms with Crippen LogP contribution in [0.4, 0.5) is 5.69 Å². The Bertz CT molecular complexity index is 1410. The highest BCUT2D eigenvalue weighted by Gasteiger charge is 2.27. The van der Waals surface area contributed by atoms with Gasteiger partial charge in [-0.15, -0.1) is 5.10 Å². The third kappa shape index (κ3) is 2.55. The molecule has 0 radical (unpaired) electrons. The van der Waals surface area contributed by atoms with Gasteiger partial charge in [-0.1, -0.05) is 18.2 Å². The molecular formula is C19H17N9O2. The van der Waals surface area contributed by atoms with Crippen molar-refractivity contribution in [2.24, 2.45) is 0 Å². The molecule has 30 heavy (non-hydrogen) atoms. The first-order valence-electron chi connectivity index (χ1n) is 9.30. The van der Waals surface area contributed by atoms with Gasteiger partial charge in [-0.3, -0.25) is 14.8 Å². The van der Waals surface area contributed by atoms with Crippen molar-refractivity contribution in [2.45, 2.75) is 26.8 Å². The van der Waals surface area contributed by atoms with Gasteiger partial charge in [0.1, 0.15) is 23.8 Å². The molecular weight excluding hydrogens is 386 g/mol. The Balaban J connectivity index is 1.62. The van der Waals surface area contributed by atoms with E-state index >= 15 is 0 Å². The zero-order valence-corrected chi connectivity index (χ0v) is 16.5. The molecule has 1 aromatic carbocycles. The summed E-state index contributed by atoms with van der Waals surface area (Å²) in [6.07, 6.45) is 3.30. The maximum atomic E-state index is 11.3. The number of rotatable bonds is 4. The predicted octanol–water partition coefficient (Wildman–Crippen LogP) is 2.79. The van der Waals surface area contributed by atoms with Crippen molar-refractivity contribution in [3.8, 4) is 5.69 Å². The Morgan fingerprint density at radius 1 is 1.10 bits per heavy atom. The molecule has 4 heterocycles. The van der Waals surface area contributed by atoms with Gasteiger partial charge >= 0.3 is 5.69 Å². The molecule has 11 heteroatoms.